The van der Waals surface area contributed by atoms with Gasteiger partial charge in [-0.3, -0.25) is 4.68 Å². The number of phenols is 1. The van der Waals surface area contributed by atoms with Gasteiger partial charge < -0.3 is 15.6 Å². The molecule has 0 radical (unpaired) electrons. The van der Waals surface area contributed by atoms with Crippen molar-refractivity contribution in [2.75, 3.05) is 5.73 Å². The molecule has 0 saturated heterocycles. The first-order valence-corrected chi connectivity index (χ1v) is 4.86. The summed E-state index contributed by atoms with van der Waals surface area (Å²) in [4.78, 5) is 0. The van der Waals surface area contributed by atoms with E-state index < -0.39 is 0 Å². The van der Waals surface area contributed by atoms with Crippen LogP contribution in [0, 0.1) is 0 Å². The lowest BCUT2D eigenvalue weighted by atomic mass is 10.3. The highest BCUT2D eigenvalue weighted by molar-refractivity contribution is 5.38. The van der Waals surface area contributed by atoms with Gasteiger partial charge in [-0.25, -0.2) is 0 Å². The Morgan fingerprint density at radius 1 is 1.44 bits per heavy atom. The molecule has 5 heteroatoms. The van der Waals surface area contributed by atoms with E-state index in [1.54, 1.807) is 42.1 Å². The van der Waals surface area contributed by atoms with Gasteiger partial charge in [0.05, 0.1) is 0 Å². The van der Waals surface area contributed by atoms with Crippen LogP contribution in [-0.2, 0) is 13.7 Å². The number of hydrogen-bond donors (Lipinski definition) is 2. The molecule has 0 saturated carbocycles. The number of anilines is 1. The SMILES string of the molecule is Cn1nc(COc2ccccc2O)cc1N. The van der Waals surface area contributed by atoms with E-state index in [4.69, 9.17) is 10.5 Å². The Bertz CT molecular complexity index is 474. The van der Waals surface area contributed by atoms with Crippen LogP contribution in [0.3, 0.4) is 0 Å². The molecule has 16 heavy (non-hydrogen) atoms. The Morgan fingerprint density at radius 3 is 2.81 bits per heavy atom. The Labute approximate surface area is 93.1 Å². The zero-order chi connectivity index (χ0) is 11.5. The predicted molar refractivity (Wildman–Crippen MR) is 60.1 cm³/mol. The van der Waals surface area contributed by atoms with Gasteiger partial charge in [0.1, 0.15) is 18.1 Å². The second-order valence-electron chi connectivity index (χ2n) is 3.44. The molecule has 2 rings (SSSR count). The fourth-order valence-electron chi connectivity index (χ4n) is 1.34. The first-order valence-electron chi connectivity index (χ1n) is 4.86. The van der Waals surface area contributed by atoms with E-state index in [9.17, 15) is 5.11 Å². The van der Waals surface area contributed by atoms with E-state index in [-0.39, 0.29) is 12.4 Å². The maximum Gasteiger partial charge on any atom is 0.161 e. The van der Waals surface area contributed by atoms with Gasteiger partial charge in [-0.05, 0) is 12.1 Å². The van der Waals surface area contributed by atoms with Crippen molar-refractivity contribution in [2.24, 2.45) is 7.05 Å². The van der Waals surface area contributed by atoms with Crippen molar-refractivity contribution in [2.45, 2.75) is 6.61 Å². The van der Waals surface area contributed by atoms with E-state index in [1.165, 1.54) is 0 Å². The molecule has 0 aliphatic rings. The van der Waals surface area contributed by atoms with Crippen molar-refractivity contribution >= 4 is 5.82 Å². The van der Waals surface area contributed by atoms with Gasteiger partial charge in [-0.15, -0.1) is 0 Å². The number of hydrogen-bond acceptors (Lipinski definition) is 4. The first kappa shape index (κ1) is 10.4. The van der Waals surface area contributed by atoms with Gasteiger partial charge >= 0.3 is 0 Å². The average Bonchev–Trinajstić information content (AvgIpc) is 2.57. The molecule has 1 heterocycles. The molecule has 5 nitrogen and oxygen atoms in total. The summed E-state index contributed by atoms with van der Waals surface area (Å²) in [6.45, 7) is 0.280. The van der Waals surface area contributed by atoms with Crippen LogP contribution in [0.1, 0.15) is 5.69 Å². The molecule has 1 aromatic heterocycles. The molecule has 3 N–H and O–H groups in total. The van der Waals surface area contributed by atoms with Crippen LogP contribution in [0.15, 0.2) is 30.3 Å². The fourth-order valence-corrected chi connectivity index (χ4v) is 1.34. The van der Waals surface area contributed by atoms with Gasteiger partial charge in [0.25, 0.3) is 0 Å². The summed E-state index contributed by atoms with van der Waals surface area (Å²) in [5, 5.41) is 13.6. The summed E-state index contributed by atoms with van der Waals surface area (Å²) in [5.41, 5.74) is 6.36. The third kappa shape index (κ3) is 2.08. The molecule has 0 bridgehead atoms. The van der Waals surface area contributed by atoms with Gasteiger partial charge in [0, 0.05) is 13.1 Å². The quantitative estimate of drug-likeness (QED) is 0.815. The number of benzene rings is 1. The number of aryl methyl sites for hydroxylation is 1. The van der Waals surface area contributed by atoms with E-state index in [1.807, 2.05) is 0 Å². The van der Waals surface area contributed by atoms with Gasteiger partial charge in [-0.1, -0.05) is 12.1 Å². The smallest absolute Gasteiger partial charge is 0.161 e. The molecule has 2 aromatic rings. The fraction of sp³-hybridized carbons (Fsp3) is 0.182. The summed E-state index contributed by atoms with van der Waals surface area (Å²) in [6.07, 6.45) is 0. The number of nitrogen functional groups attached to an aromatic ring is 1. The van der Waals surface area contributed by atoms with Crippen molar-refractivity contribution in [1.82, 2.24) is 9.78 Å². The minimum atomic E-state index is 0.117. The molecule has 0 fully saturated rings. The van der Waals surface area contributed by atoms with Gasteiger partial charge in [0.2, 0.25) is 0 Å². The normalized spacial score (nSPS) is 10.3. The second kappa shape index (κ2) is 4.14. The van der Waals surface area contributed by atoms with Crippen LogP contribution in [0.4, 0.5) is 5.82 Å². The van der Waals surface area contributed by atoms with Crippen molar-refractivity contribution in [1.29, 1.82) is 0 Å². The Morgan fingerprint density at radius 2 is 2.19 bits per heavy atom. The molecule has 0 spiro atoms. The second-order valence-corrected chi connectivity index (χ2v) is 3.44. The van der Waals surface area contributed by atoms with Crippen molar-refractivity contribution in [3.8, 4) is 11.5 Å². The average molecular weight is 219 g/mol. The lowest BCUT2D eigenvalue weighted by molar-refractivity contribution is 0.284. The standard InChI is InChI=1S/C11H13N3O2/c1-14-11(12)6-8(13-14)7-16-10-5-3-2-4-9(10)15/h2-6,15H,7,12H2,1H3. The van der Waals surface area contributed by atoms with E-state index in [0.29, 0.717) is 11.6 Å². The van der Waals surface area contributed by atoms with Crippen LogP contribution in [-0.4, -0.2) is 14.9 Å². The van der Waals surface area contributed by atoms with E-state index >= 15 is 0 Å². The molecular formula is C11H13N3O2. The number of rotatable bonds is 3. The molecule has 0 aliphatic heterocycles. The van der Waals surface area contributed by atoms with E-state index in [0.717, 1.165) is 5.69 Å². The summed E-state index contributed by atoms with van der Waals surface area (Å²) >= 11 is 0. The van der Waals surface area contributed by atoms with Crippen molar-refractivity contribution < 1.29 is 9.84 Å². The number of aromatic hydroxyl groups is 1. The summed E-state index contributed by atoms with van der Waals surface area (Å²) < 4.78 is 6.98. The summed E-state index contributed by atoms with van der Waals surface area (Å²) in [7, 11) is 1.76. The summed E-state index contributed by atoms with van der Waals surface area (Å²) in [5.74, 6) is 1.13. The molecule has 84 valence electrons. The number of nitrogens with two attached hydrogens (primary N) is 1. The third-order valence-electron chi connectivity index (χ3n) is 2.21. The third-order valence-corrected chi connectivity index (χ3v) is 2.21. The Balaban J connectivity index is 2.05. The molecule has 1 aromatic carbocycles. The molecule has 0 amide bonds. The highest BCUT2D eigenvalue weighted by Gasteiger charge is 2.04. The zero-order valence-electron chi connectivity index (χ0n) is 8.92. The van der Waals surface area contributed by atoms with Crippen molar-refractivity contribution in [3.05, 3.63) is 36.0 Å². The highest BCUT2D eigenvalue weighted by Crippen LogP contribution is 2.25. The van der Waals surface area contributed by atoms with Crippen LogP contribution < -0.4 is 10.5 Å². The predicted octanol–water partition coefficient (Wildman–Crippen LogP) is 1.29. The largest absolute Gasteiger partial charge is 0.504 e. The number of aromatic nitrogens is 2. The number of phenolic OH excluding ortho intramolecular Hbond substituents is 1. The van der Waals surface area contributed by atoms with E-state index in [2.05, 4.69) is 5.10 Å². The molecular weight excluding hydrogens is 206 g/mol. The van der Waals surface area contributed by atoms with Gasteiger partial charge in [0.15, 0.2) is 11.5 Å². The number of nitrogens with zero attached hydrogens (tertiary/aromatic N) is 2. The van der Waals surface area contributed by atoms with Crippen LogP contribution in [0.5, 0.6) is 11.5 Å². The van der Waals surface area contributed by atoms with Crippen LogP contribution in [0.25, 0.3) is 0 Å². The summed E-state index contributed by atoms with van der Waals surface area (Å²) in [6, 6.07) is 8.53. The Kier molecular flexibility index (Phi) is 2.68. The number of ether oxygens (including phenoxy) is 1. The Hall–Kier alpha value is -2.17. The number of para-hydroxylation sites is 2. The van der Waals surface area contributed by atoms with Crippen molar-refractivity contribution in [3.63, 3.8) is 0 Å². The molecule has 0 unspecified atom stereocenters. The molecule has 0 aliphatic carbocycles. The van der Waals surface area contributed by atoms with Gasteiger partial charge in [-0.2, -0.15) is 5.10 Å². The van der Waals surface area contributed by atoms with Crippen LogP contribution in [0.2, 0.25) is 0 Å². The topological polar surface area (TPSA) is 73.3 Å². The zero-order valence-corrected chi connectivity index (χ0v) is 8.92. The first-order chi connectivity index (χ1) is 7.66. The molecule has 0 atom stereocenters. The highest BCUT2D eigenvalue weighted by atomic mass is 16.5. The maximum atomic E-state index is 9.47. The lowest BCUT2D eigenvalue weighted by Gasteiger charge is -2.05. The minimum Gasteiger partial charge on any atom is -0.504 e. The lowest BCUT2D eigenvalue weighted by Crippen LogP contribution is -1.99. The van der Waals surface area contributed by atoms with Crippen LogP contribution >= 0.6 is 0 Å². The monoisotopic (exact) mass is 219 g/mol. The maximum absolute atomic E-state index is 9.47. The minimum absolute atomic E-state index is 0.117.